The lowest BCUT2D eigenvalue weighted by atomic mass is 10.1. The minimum Gasteiger partial charge on any atom is -0.238 e. The van der Waals surface area contributed by atoms with Crippen molar-refractivity contribution in [3.63, 3.8) is 0 Å². The smallest absolute Gasteiger partial charge is 0.188 e. The van der Waals surface area contributed by atoms with Crippen molar-refractivity contribution < 1.29 is 0 Å². The molecule has 46 heavy (non-hydrogen) atoms. The van der Waals surface area contributed by atoms with Gasteiger partial charge in [-0.3, -0.25) is 0 Å². The van der Waals surface area contributed by atoms with Gasteiger partial charge in [-0.15, -0.1) is 5.10 Å². The Morgan fingerprint density at radius 3 is 1.93 bits per heavy atom. The van der Waals surface area contributed by atoms with E-state index in [2.05, 4.69) is 74.1 Å². The van der Waals surface area contributed by atoms with Gasteiger partial charge in [0.2, 0.25) is 0 Å². The number of aryl methyl sites for hydroxylation is 5. The normalized spacial score (nSPS) is 13.3. The third kappa shape index (κ3) is 12.3. The molecule has 5 aromatic rings. The molecule has 1 aromatic heterocycles. The average molecular weight is 661 g/mol. The van der Waals surface area contributed by atoms with E-state index >= 15 is 0 Å². The van der Waals surface area contributed by atoms with Gasteiger partial charge < -0.3 is 0 Å². The maximum atomic E-state index is 6.68. The van der Waals surface area contributed by atoms with Crippen LogP contribution in [0.15, 0.2) is 91.0 Å². The maximum Gasteiger partial charge on any atom is 0.188 e. The van der Waals surface area contributed by atoms with Crippen molar-refractivity contribution in [3.05, 3.63) is 140 Å². The van der Waals surface area contributed by atoms with Crippen molar-refractivity contribution >= 4 is 28.9 Å². The van der Waals surface area contributed by atoms with E-state index in [-0.39, 0.29) is 6.17 Å². The number of hydrazine groups is 3. The van der Waals surface area contributed by atoms with E-state index in [0.717, 1.165) is 27.5 Å². The van der Waals surface area contributed by atoms with Gasteiger partial charge in [0.25, 0.3) is 0 Å². The second-order valence-electron chi connectivity index (χ2n) is 10.1. The highest BCUT2D eigenvalue weighted by Crippen LogP contribution is 2.21. The average Bonchev–Trinajstić information content (AvgIpc) is 3.70. The van der Waals surface area contributed by atoms with Crippen molar-refractivity contribution in [3.8, 4) is 11.4 Å². The molecule has 2 heterocycles. The van der Waals surface area contributed by atoms with Crippen LogP contribution in [-0.4, -0.2) is 32.3 Å². The molecule has 6 rings (SSSR count). The lowest BCUT2D eigenvalue weighted by Crippen LogP contribution is -2.34. The van der Waals surface area contributed by atoms with Crippen LogP contribution >= 0.6 is 23.2 Å². The van der Waals surface area contributed by atoms with Crippen LogP contribution in [0, 0.1) is 34.3 Å². The first-order chi connectivity index (χ1) is 22.1. The molecular formula is C35H43Cl2N9. The van der Waals surface area contributed by atoms with E-state index in [1.54, 1.807) is 16.8 Å². The minimum absolute atomic E-state index is 0.195. The summed E-state index contributed by atoms with van der Waals surface area (Å²) in [6, 6.07) is 29.6. The zero-order valence-corrected chi connectivity index (χ0v) is 29.2. The van der Waals surface area contributed by atoms with Gasteiger partial charge in [0.15, 0.2) is 11.5 Å². The summed E-state index contributed by atoms with van der Waals surface area (Å²) in [6.45, 7) is 18.7. The molecule has 3 N–H and O–H groups in total. The first kappa shape index (κ1) is 38.0. The van der Waals surface area contributed by atoms with Crippen LogP contribution in [-0.2, 0) is 7.05 Å². The molecule has 0 aliphatic carbocycles. The Morgan fingerprint density at radius 2 is 1.43 bits per heavy atom. The van der Waals surface area contributed by atoms with Crippen LogP contribution in [0.4, 0.5) is 5.69 Å². The molecule has 0 saturated carbocycles. The first-order valence-electron chi connectivity index (χ1n) is 14.8. The van der Waals surface area contributed by atoms with Crippen molar-refractivity contribution in [2.24, 2.45) is 7.05 Å². The maximum absolute atomic E-state index is 6.68. The fourth-order valence-corrected chi connectivity index (χ4v) is 4.18. The third-order valence-electron chi connectivity index (χ3n) is 6.48. The molecule has 1 atom stereocenters. The van der Waals surface area contributed by atoms with Crippen LogP contribution in [0.25, 0.3) is 16.2 Å². The van der Waals surface area contributed by atoms with Gasteiger partial charge in [0.1, 0.15) is 6.17 Å². The number of tetrazole rings is 1. The fourth-order valence-electron chi connectivity index (χ4n) is 3.87. The van der Waals surface area contributed by atoms with Crippen LogP contribution in [0.3, 0.4) is 0 Å². The SMILES string of the molecule is CC.Cc1ccc(C2NNNN2C)cc1.Cc1cccc(-c2nnnn2C)c1.Cc1ccccc1Cl.[C-]#[N+]c1ccc(C)c(Cl)c1. The molecule has 1 aliphatic rings. The van der Waals surface area contributed by atoms with Crippen LogP contribution in [0.1, 0.15) is 47.8 Å². The van der Waals surface area contributed by atoms with E-state index in [1.165, 1.54) is 16.7 Å². The highest BCUT2D eigenvalue weighted by molar-refractivity contribution is 6.31. The Kier molecular flexibility index (Phi) is 16.6. The van der Waals surface area contributed by atoms with Crippen molar-refractivity contribution in [1.29, 1.82) is 0 Å². The zero-order valence-electron chi connectivity index (χ0n) is 27.7. The summed E-state index contributed by atoms with van der Waals surface area (Å²) in [5.41, 5.74) is 16.4. The molecule has 1 saturated heterocycles. The van der Waals surface area contributed by atoms with Crippen LogP contribution < -0.4 is 16.5 Å². The van der Waals surface area contributed by atoms with Gasteiger partial charge in [-0.1, -0.05) is 121 Å². The highest BCUT2D eigenvalue weighted by atomic mass is 35.5. The summed E-state index contributed by atoms with van der Waals surface area (Å²) in [5.74, 6) is 0.795. The number of hydrogen-bond acceptors (Lipinski definition) is 7. The largest absolute Gasteiger partial charge is 0.238 e. The number of hydrogen-bond donors (Lipinski definition) is 3. The molecule has 1 aliphatic heterocycles. The summed E-state index contributed by atoms with van der Waals surface area (Å²) >= 11 is 11.5. The van der Waals surface area contributed by atoms with Gasteiger partial charge in [-0.05, 0) is 73.0 Å². The lowest BCUT2D eigenvalue weighted by molar-refractivity contribution is 0.224. The van der Waals surface area contributed by atoms with Crippen LogP contribution in [0.2, 0.25) is 10.0 Å². The molecule has 242 valence electrons. The second-order valence-corrected chi connectivity index (χ2v) is 10.9. The van der Waals surface area contributed by atoms with Crippen molar-refractivity contribution in [1.82, 2.24) is 41.7 Å². The Hall–Kier alpha value is -4.14. The topological polar surface area (TPSA) is 87.3 Å². The summed E-state index contributed by atoms with van der Waals surface area (Å²) in [5, 5.41) is 14.8. The molecule has 4 aromatic carbocycles. The Balaban J connectivity index is 0.000000213. The Labute approximate surface area is 283 Å². The van der Waals surface area contributed by atoms with Crippen LogP contribution in [0.5, 0.6) is 0 Å². The third-order valence-corrected chi connectivity index (χ3v) is 7.31. The highest BCUT2D eigenvalue weighted by Gasteiger charge is 2.20. The summed E-state index contributed by atoms with van der Waals surface area (Å²) < 4.78 is 1.66. The number of halogens is 2. The lowest BCUT2D eigenvalue weighted by Gasteiger charge is -2.17. The molecule has 0 spiro atoms. The van der Waals surface area contributed by atoms with Crippen molar-refractivity contribution in [2.75, 3.05) is 7.05 Å². The summed E-state index contributed by atoms with van der Waals surface area (Å²) in [7, 11) is 3.81. The number of rotatable bonds is 2. The van der Waals surface area contributed by atoms with Gasteiger partial charge in [-0.25, -0.2) is 20.0 Å². The number of nitrogens with one attached hydrogen (secondary N) is 3. The predicted molar refractivity (Wildman–Crippen MR) is 190 cm³/mol. The quantitative estimate of drug-likeness (QED) is 0.164. The fraction of sp³-hybridized carbons (Fsp3) is 0.257. The zero-order chi connectivity index (χ0) is 34.1. The van der Waals surface area contributed by atoms with E-state index < -0.39 is 0 Å². The standard InChI is InChI=1S/C9H14N4.C9H10N4.C8H6ClN.C7H7Cl.C2H6/c1-7-3-5-8(6-4-7)9-10-11-12-13(9)2;1-7-4-3-5-8(6-7)9-10-11-12-13(9)2;1-6-3-4-7(10-2)5-8(6)9;1-6-4-2-3-5-7(6)8;1-2/h3-6,9-12H,1-2H3;3-6H,1-2H3;3-5H,1H3;2-5H,1H3;1-2H3. The number of benzene rings is 4. The first-order valence-corrected chi connectivity index (χ1v) is 15.5. The Morgan fingerprint density at radius 1 is 0.761 bits per heavy atom. The number of nitrogens with zero attached hydrogens (tertiary/aromatic N) is 6. The van der Waals surface area contributed by atoms with Gasteiger partial charge >= 0.3 is 0 Å². The molecule has 1 fully saturated rings. The molecular weight excluding hydrogens is 617 g/mol. The Bertz CT molecular complexity index is 1640. The number of aromatic nitrogens is 4. The molecule has 11 heteroatoms. The molecule has 9 nitrogen and oxygen atoms in total. The van der Waals surface area contributed by atoms with Gasteiger partial charge in [0, 0.05) is 29.7 Å². The monoisotopic (exact) mass is 659 g/mol. The summed E-state index contributed by atoms with van der Waals surface area (Å²) in [6.07, 6.45) is 0.195. The summed E-state index contributed by atoms with van der Waals surface area (Å²) in [4.78, 5) is 3.24. The van der Waals surface area contributed by atoms with Gasteiger partial charge in [-0.2, -0.15) is 11.1 Å². The van der Waals surface area contributed by atoms with E-state index in [0.29, 0.717) is 10.7 Å². The second kappa shape index (κ2) is 20.1. The molecule has 1 unspecified atom stereocenters. The predicted octanol–water partition coefficient (Wildman–Crippen LogP) is 8.51. The van der Waals surface area contributed by atoms with Crippen molar-refractivity contribution in [2.45, 2.75) is 47.7 Å². The van der Waals surface area contributed by atoms with E-state index in [1.807, 2.05) is 102 Å². The molecule has 0 amide bonds. The van der Waals surface area contributed by atoms with E-state index in [9.17, 15) is 0 Å². The van der Waals surface area contributed by atoms with Gasteiger partial charge in [0.05, 0.1) is 6.57 Å². The molecule has 0 radical (unpaired) electrons. The van der Waals surface area contributed by atoms with E-state index in [4.69, 9.17) is 29.8 Å². The molecule has 0 bridgehead atoms. The minimum atomic E-state index is 0.195.